The fourth-order valence-electron chi connectivity index (χ4n) is 6.28. The van der Waals surface area contributed by atoms with Crippen LogP contribution < -0.4 is 5.56 Å². The van der Waals surface area contributed by atoms with Gasteiger partial charge in [0.15, 0.2) is 0 Å². The van der Waals surface area contributed by atoms with Gasteiger partial charge in [-0.05, 0) is 86.6 Å². The van der Waals surface area contributed by atoms with Crippen LogP contribution in [0, 0.1) is 0 Å². The van der Waals surface area contributed by atoms with Gasteiger partial charge in [0.1, 0.15) is 10.6 Å². The van der Waals surface area contributed by atoms with Gasteiger partial charge in [-0.2, -0.15) is 0 Å². The molecular formula is C33H44ClN3O5. The summed E-state index contributed by atoms with van der Waals surface area (Å²) in [7, 11) is 0. The van der Waals surface area contributed by atoms with Gasteiger partial charge in [-0.1, -0.05) is 52.3 Å². The molecule has 3 aromatic rings. The molecule has 0 radical (unpaired) electrons. The molecule has 9 heteroatoms. The van der Waals surface area contributed by atoms with Crippen LogP contribution in [-0.2, 0) is 16.7 Å². The Kier molecular flexibility index (Phi) is 8.62. The van der Waals surface area contributed by atoms with Gasteiger partial charge in [-0.3, -0.25) is 4.79 Å². The summed E-state index contributed by atoms with van der Waals surface area (Å²) in [4.78, 5) is 40.0. The first-order chi connectivity index (χ1) is 19.5. The first-order valence-electron chi connectivity index (χ1n) is 14.8. The second-order valence-electron chi connectivity index (χ2n) is 13.6. The molecule has 1 N–H and O–H groups in total. The van der Waals surface area contributed by atoms with Crippen molar-refractivity contribution in [2.24, 2.45) is 0 Å². The monoisotopic (exact) mass is 597 g/mol. The second-order valence-corrected chi connectivity index (χ2v) is 14.0. The van der Waals surface area contributed by atoms with E-state index in [0.29, 0.717) is 36.4 Å². The lowest BCUT2D eigenvalue weighted by Crippen LogP contribution is -2.41. The Bertz CT molecular complexity index is 1580. The molecule has 4 rings (SSSR count). The third kappa shape index (κ3) is 5.96. The van der Waals surface area contributed by atoms with Gasteiger partial charge in [-0.15, -0.1) is 0 Å². The standard InChI is InChI=1S/C33H44ClN3O5/c1-10-35-18-21(17-23(34)29(35)38)28-25(19(2)3)26-24(37(28)30(39)40)12-11-22(27(26)32(4,5)6)20-13-15-36(16-14-20)31(41)42-33(7,8)9/h11-12,17-20H,10,13-16H2,1-9H3,(H,39,40). The molecule has 228 valence electrons. The molecule has 0 spiro atoms. The Morgan fingerprint density at radius 3 is 2.21 bits per heavy atom. The number of benzene rings is 1. The SMILES string of the molecule is CCn1cc(-c2c(C(C)C)c3c(C(C)(C)C)c(C4CCN(C(=O)OC(C)(C)C)CC4)ccc3n2C(=O)O)cc(Cl)c1=O. The molecule has 1 aliphatic heterocycles. The lowest BCUT2D eigenvalue weighted by atomic mass is 9.74. The van der Waals surface area contributed by atoms with Gasteiger partial charge in [-0.25, -0.2) is 14.2 Å². The van der Waals surface area contributed by atoms with Crippen molar-refractivity contribution >= 4 is 34.7 Å². The number of rotatable bonds is 4. The van der Waals surface area contributed by atoms with E-state index >= 15 is 0 Å². The molecule has 0 saturated carbocycles. The highest BCUT2D eigenvalue weighted by Gasteiger charge is 2.35. The summed E-state index contributed by atoms with van der Waals surface area (Å²) in [6.07, 6.45) is 1.90. The van der Waals surface area contributed by atoms with Gasteiger partial charge in [0.25, 0.3) is 5.56 Å². The summed E-state index contributed by atoms with van der Waals surface area (Å²) in [5.41, 5.74) is 3.83. The number of hydrogen-bond donors (Lipinski definition) is 1. The number of halogens is 1. The van der Waals surface area contributed by atoms with Gasteiger partial charge in [0, 0.05) is 36.8 Å². The van der Waals surface area contributed by atoms with E-state index in [1.54, 1.807) is 17.2 Å². The number of carbonyl (C=O) groups is 2. The van der Waals surface area contributed by atoms with E-state index in [2.05, 4.69) is 40.7 Å². The van der Waals surface area contributed by atoms with Crippen molar-refractivity contribution < 1.29 is 19.4 Å². The minimum absolute atomic E-state index is 0.0192. The Morgan fingerprint density at radius 2 is 1.71 bits per heavy atom. The molecule has 1 amide bonds. The number of piperidine rings is 1. The van der Waals surface area contributed by atoms with Crippen molar-refractivity contribution in [3.63, 3.8) is 0 Å². The molecule has 1 aromatic carbocycles. The molecule has 2 aromatic heterocycles. The van der Waals surface area contributed by atoms with E-state index in [1.807, 2.05) is 33.8 Å². The molecule has 8 nitrogen and oxygen atoms in total. The van der Waals surface area contributed by atoms with Crippen LogP contribution in [0.15, 0.2) is 29.2 Å². The predicted octanol–water partition coefficient (Wildman–Crippen LogP) is 8.20. The molecule has 1 aliphatic rings. The Hall–Kier alpha value is -3.26. The summed E-state index contributed by atoms with van der Waals surface area (Å²) in [6.45, 7) is 19.7. The van der Waals surface area contributed by atoms with Crippen molar-refractivity contribution in [3.8, 4) is 11.3 Å². The van der Waals surface area contributed by atoms with E-state index in [1.165, 1.54) is 14.7 Å². The number of carboxylic acid groups (broad SMARTS) is 1. The van der Waals surface area contributed by atoms with E-state index in [4.69, 9.17) is 16.3 Å². The molecule has 42 heavy (non-hydrogen) atoms. The normalized spacial score (nSPS) is 15.1. The number of aromatic nitrogens is 2. The summed E-state index contributed by atoms with van der Waals surface area (Å²) < 4.78 is 8.47. The van der Waals surface area contributed by atoms with Crippen molar-refractivity contribution in [3.05, 3.63) is 56.5 Å². The minimum Gasteiger partial charge on any atom is -0.464 e. The number of nitrogens with zero attached hydrogens (tertiary/aromatic N) is 3. The van der Waals surface area contributed by atoms with Crippen LogP contribution in [-0.4, -0.2) is 50.0 Å². The molecule has 0 bridgehead atoms. The maximum Gasteiger partial charge on any atom is 0.416 e. The smallest absolute Gasteiger partial charge is 0.416 e. The zero-order valence-corrected chi connectivity index (χ0v) is 27.1. The highest BCUT2D eigenvalue weighted by Crippen LogP contribution is 2.47. The molecule has 1 saturated heterocycles. The zero-order chi connectivity index (χ0) is 31.3. The number of amides is 1. The number of aryl methyl sites for hydroxylation is 1. The van der Waals surface area contributed by atoms with E-state index in [-0.39, 0.29) is 33.9 Å². The number of ether oxygens (including phenoxy) is 1. The number of likely N-dealkylation sites (tertiary alicyclic amines) is 1. The number of hydrogen-bond acceptors (Lipinski definition) is 4. The summed E-state index contributed by atoms with van der Waals surface area (Å²) in [5, 5.41) is 11.5. The maximum absolute atomic E-state index is 12.9. The molecule has 1 fully saturated rings. The summed E-state index contributed by atoms with van der Waals surface area (Å²) >= 11 is 6.38. The molecule has 3 heterocycles. The number of carbonyl (C=O) groups excluding carboxylic acids is 1. The minimum atomic E-state index is -1.09. The fourth-order valence-corrected chi connectivity index (χ4v) is 6.51. The first-order valence-corrected chi connectivity index (χ1v) is 15.2. The highest BCUT2D eigenvalue weighted by atomic mass is 35.5. The van der Waals surface area contributed by atoms with Gasteiger partial charge in [0.2, 0.25) is 0 Å². The van der Waals surface area contributed by atoms with Crippen LogP contribution in [0.25, 0.3) is 22.2 Å². The van der Waals surface area contributed by atoms with E-state index < -0.39 is 11.7 Å². The van der Waals surface area contributed by atoms with Crippen LogP contribution in [0.1, 0.15) is 104 Å². The maximum atomic E-state index is 12.9. The Morgan fingerprint density at radius 1 is 1.10 bits per heavy atom. The van der Waals surface area contributed by atoms with Gasteiger partial charge >= 0.3 is 12.2 Å². The van der Waals surface area contributed by atoms with Crippen LogP contribution >= 0.6 is 11.6 Å². The van der Waals surface area contributed by atoms with E-state index in [0.717, 1.165) is 29.4 Å². The highest BCUT2D eigenvalue weighted by molar-refractivity contribution is 6.30. The number of pyridine rings is 1. The first kappa shape index (κ1) is 31.7. The lowest BCUT2D eigenvalue weighted by Gasteiger charge is -2.36. The molecule has 0 aliphatic carbocycles. The van der Waals surface area contributed by atoms with Crippen LogP contribution in [0.4, 0.5) is 9.59 Å². The van der Waals surface area contributed by atoms with Gasteiger partial charge < -0.3 is 19.3 Å². The van der Waals surface area contributed by atoms with Crippen molar-refractivity contribution in [2.45, 2.75) is 105 Å². The number of fused-ring (bicyclic) bond motifs is 1. The summed E-state index contributed by atoms with van der Waals surface area (Å²) in [5.74, 6) is 0.185. The van der Waals surface area contributed by atoms with Crippen molar-refractivity contribution in [1.82, 2.24) is 14.0 Å². The predicted molar refractivity (Wildman–Crippen MR) is 168 cm³/mol. The van der Waals surface area contributed by atoms with Crippen LogP contribution in [0.5, 0.6) is 0 Å². The lowest BCUT2D eigenvalue weighted by molar-refractivity contribution is 0.0204. The fraction of sp³-hybridized carbons (Fsp3) is 0.545. The van der Waals surface area contributed by atoms with Gasteiger partial charge in [0.05, 0.1) is 11.2 Å². The zero-order valence-electron chi connectivity index (χ0n) is 26.3. The Balaban J connectivity index is 1.95. The molecular weight excluding hydrogens is 554 g/mol. The Labute approximate surface area is 253 Å². The third-order valence-electron chi connectivity index (χ3n) is 7.97. The van der Waals surface area contributed by atoms with Crippen molar-refractivity contribution in [1.29, 1.82) is 0 Å². The topological polar surface area (TPSA) is 93.8 Å². The second kappa shape index (κ2) is 11.4. The molecule has 0 atom stereocenters. The third-order valence-corrected chi connectivity index (χ3v) is 8.24. The van der Waals surface area contributed by atoms with Crippen molar-refractivity contribution in [2.75, 3.05) is 13.1 Å². The average Bonchev–Trinajstić information content (AvgIpc) is 3.24. The quantitative estimate of drug-likeness (QED) is 0.327. The largest absolute Gasteiger partial charge is 0.464 e. The molecule has 0 unspecified atom stereocenters. The van der Waals surface area contributed by atoms with Crippen LogP contribution in [0.2, 0.25) is 5.02 Å². The van der Waals surface area contributed by atoms with E-state index in [9.17, 15) is 19.5 Å². The summed E-state index contributed by atoms with van der Waals surface area (Å²) in [6, 6.07) is 5.57. The van der Waals surface area contributed by atoms with Crippen LogP contribution in [0.3, 0.4) is 0 Å². The average molecular weight is 598 g/mol.